The summed E-state index contributed by atoms with van der Waals surface area (Å²) in [5.41, 5.74) is 2.50. The van der Waals surface area contributed by atoms with Crippen LogP contribution in [0.25, 0.3) is 11.1 Å². The minimum Gasteiger partial charge on any atom is -0.382 e. The molecule has 10 heteroatoms. The maximum atomic E-state index is 15.0. The van der Waals surface area contributed by atoms with Crippen molar-refractivity contribution >= 4 is 21.4 Å². The number of hydrogen-bond acceptors (Lipinski definition) is 6. The summed E-state index contributed by atoms with van der Waals surface area (Å²) in [4.78, 5) is 17.2. The molecule has 1 saturated heterocycles. The lowest BCUT2D eigenvalue weighted by Crippen LogP contribution is -2.49. The van der Waals surface area contributed by atoms with Gasteiger partial charge in [-0.15, -0.1) is 0 Å². The molecule has 1 amide bonds. The molecule has 1 atom stereocenters. The van der Waals surface area contributed by atoms with Crippen LogP contribution in [0.1, 0.15) is 28.9 Å². The van der Waals surface area contributed by atoms with E-state index in [4.69, 9.17) is 9.47 Å². The van der Waals surface area contributed by atoms with Gasteiger partial charge in [0, 0.05) is 45.1 Å². The third-order valence-electron chi connectivity index (χ3n) is 6.81. The molecule has 7 nitrogen and oxygen atoms in total. The largest absolute Gasteiger partial charge is 0.382 e. The van der Waals surface area contributed by atoms with Crippen LogP contribution in [0.15, 0.2) is 65.6 Å². The molecule has 1 aliphatic rings. The molecule has 3 aromatic rings. The zero-order valence-electron chi connectivity index (χ0n) is 22.2. The van der Waals surface area contributed by atoms with E-state index in [0.717, 1.165) is 11.8 Å². The lowest BCUT2D eigenvalue weighted by Gasteiger charge is -2.36. The number of piperazine rings is 1. The Morgan fingerprint density at radius 2 is 1.64 bits per heavy atom. The topological polar surface area (TPSA) is 76.2 Å². The second-order valence-corrected chi connectivity index (χ2v) is 11.5. The van der Waals surface area contributed by atoms with Gasteiger partial charge in [-0.05, 0) is 60.0 Å². The van der Waals surface area contributed by atoms with E-state index in [1.807, 2.05) is 17.9 Å². The van der Waals surface area contributed by atoms with E-state index in [9.17, 15) is 17.6 Å². The Hall–Kier alpha value is -3.34. The molecular weight excluding hydrogens is 526 g/mol. The van der Waals surface area contributed by atoms with Crippen molar-refractivity contribution < 1.29 is 31.5 Å². The minimum atomic E-state index is -3.56. The average Bonchev–Trinajstić information content (AvgIpc) is 2.92. The van der Waals surface area contributed by atoms with Crippen LogP contribution < -0.4 is 4.90 Å². The van der Waals surface area contributed by atoms with Crippen molar-refractivity contribution in [3.8, 4) is 11.1 Å². The summed E-state index contributed by atoms with van der Waals surface area (Å²) in [7, 11) is -1.97. The molecule has 0 spiro atoms. The first-order valence-electron chi connectivity index (χ1n) is 12.6. The highest BCUT2D eigenvalue weighted by atomic mass is 32.2. The van der Waals surface area contributed by atoms with Gasteiger partial charge >= 0.3 is 0 Å². The molecule has 208 valence electrons. The Balaban J connectivity index is 1.51. The monoisotopic (exact) mass is 558 g/mol. The molecule has 4 rings (SSSR count). The predicted octanol–water partition coefficient (Wildman–Crippen LogP) is 4.72. The molecule has 0 radical (unpaired) electrons. The average molecular weight is 559 g/mol. The van der Waals surface area contributed by atoms with Crippen LogP contribution in [0.4, 0.5) is 14.5 Å². The standard InChI is InChI=1S/C29H32F2N2O5S/c1-20(38-17-16-37-2)22-6-11-28(27(31)18-22)32-12-14-33(15-13-32)29(34)26-19-24(39(3,35)36)9-10-25(26)21-4-7-23(30)8-5-21/h4-11,18-20H,12-17H2,1-3H3. The Morgan fingerprint density at radius 3 is 2.26 bits per heavy atom. The number of anilines is 1. The number of amides is 1. The van der Waals surface area contributed by atoms with Crippen LogP contribution in [-0.4, -0.2) is 72.0 Å². The second-order valence-electron chi connectivity index (χ2n) is 9.48. The number of halogens is 2. The van der Waals surface area contributed by atoms with Crippen molar-refractivity contribution in [1.29, 1.82) is 0 Å². The Labute approximate surface area is 227 Å². The van der Waals surface area contributed by atoms with Crippen LogP contribution in [0.3, 0.4) is 0 Å². The van der Waals surface area contributed by atoms with Crippen LogP contribution in [0.5, 0.6) is 0 Å². The van der Waals surface area contributed by atoms with Crippen molar-refractivity contribution in [2.24, 2.45) is 0 Å². The Kier molecular flexibility index (Phi) is 8.99. The van der Waals surface area contributed by atoms with Crippen LogP contribution >= 0.6 is 0 Å². The van der Waals surface area contributed by atoms with Gasteiger partial charge in [0.2, 0.25) is 0 Å². The normalized spacial score (nSPS) is 14.9. The third-order valence-corrected chi connectivity index (χ3v) is 7.92. The summed E-state index contributed by atoms with van der Waals surface area (Å²) in [6.45, 7) is 4.17. The van der Waals surface area contributed by atoms with Crippen molar-refractivity contribution in [2.75, 3.05) is 57.7 Å². The number of hydrogen-bond donors (Lipinski definition) is 0. The number of carbonyl (C=O) groups is 1. The van der Waals surface area contributed by atoms with Gasteiger partial charge in [-0.1, -0.05) is 24.3 Å². The SMILES string of the molecule is COCCOC(C)c1ccc(N2CCN(C(=O)c3cc(S(C)(=O)=O)ccc3-c3ccc(F)cc3)CC2)c(F)c1. The molecule has 0 aliphatic carbocycles. The fraction of sp³-hybridized carbons (Fsp3) is 0.345. The second kappa shape index (κ2) is 12.2. The molecule has 0 bridgehead atoms. The molecule has 1 aliphatic heterocycles. The molecule has 1 fully saturated rings. The molecule has 0 N–H and O–H groups in total. The first-order chi connectivity index (χ1) is 18.6. The fourth-order valence-electron chi connectivity index (χ4n) is 4.57. The molecule has 39 heavy (non-hydrogen) atoms. The van der Waals surface area contributed by atoms with Gasteiger partial charge in [-0.3, -0.25) is 4.79 Å². The van der Waals surface area contributed by atoms with Gasteiger partial charge in [0.15, 0.2) is 9.84 Å². The van der Waals surface area contributed by atoms with Gasteiger partial charge < -0.3 is 19.3 Å². The summed E-state index contributed by atoms with van der Waals surface area (Å²) in [5, 5.41) is 0. The molecule has 1 unspecified atom stereocenters. The summed E-state index contributed by atoms with van der Waals surface area (Å²) in [6, 6.07) is 15.1. The van der Waals surface area contributed by atoms with E-state index in [1.165, 1.54) is 30.3 Å². The van der Waals surface area contributed by atoms with E-state index in [2.05, 4.69) is 0 Å². The Morgan fingerprint density at radius 1 is 0.949 bits per heavy atom. The minimum absolute atomic E-state index is 0.0259. The number of carbonyl (C=O) groups excluding carboxylic acids is 1. The molecule has 3 aromatic carbocycles. The highest BCUT2D eigenvalue weighted by Crippen LogP contribution is 2.30. The first-order valence-corrected chi connectivity index (χ1v) is 14.5. The van der Waals surface area contributed by atoms with Gasteiger partial charge in [0.25, 0.3) is 5.91 Å². The number of ether oxygens (including phenoxy) is 2. The van der Waals surface area contributed by atoms with E-state index in [-0.39, 0.29) is 28.3 Å². The third kappa shape index (κ3) is 6.81. The summed E-state index contributed by atoms with van der Waals surface area (Å²) >= 11 is 0. The maximum Gasteiger partial charge on any atom is 0.254 e. The van der Waals surface area contributed by atoms with Crippen molar-refractivity contribution in [3.63, 3.8) is 0 Å². The molecule has 1 heterocycles. The Bertz CT molecular complexity index is 1420. The molecule has 0 saturated carbocycles. The smallest absolute Gasteiger partial charge is 0.254 e. The van der Waals surface area contributed by atoms with Gasteiger partial charge in [0.1, 0.15) is 11.6 Å². The highest BCUT2D eigenvalue weighted by Gasteiger charge is 2.27. The lowest BCUT2D eigenvalue weighted by atomic mass is 9.98. The quantitative estimate of drug-likeness (QED) is 0.354. The van der Waals surface area contributed by atoms with Crippen molar-refractivity contribution in [2.45, 2.75) is 17.9 Å². The highest BCUT2D eigenvalue weighted by molar-refractivity contribution is 7.90. The van der Waals surface area contributed by atoms with Gasteiger partial charge in [0.05, 0.1) is 29.9 Å². The van der Waals surface area contributed by atoms with Crippen LogP contribution in [-0.2, 0) is 19.3 Å². The van der Waals surface area contributed by atoms with E-state index in [0.29, 0.717) is 56.2 Å². The number of sulfone groups is 1. The number of methoxy groups -OCH3 is 1. The fourth-order valence-corrected chi connectivity index (χ4v) is 5.22. The maximum absolute atomic E-state index is 15.0. The van der Waals surface area contributed by atoms with E-state index < -0.39 is 15.7 Å². The zero-order valence-corrected chi connectivity index (χ0v) is 23.0. The van der Waals surface area contributed by atoms with Crippen molar-refractivity contribution in [3.05, 3.63) is 83.4 Å². The summed E-state index contributed by atoms with van der Waals surface area (Å²) < 4.78 is 63.6. The first kappa shape index (κ1) is 28.7. The van der Waals surface area contributed by atoms with Gasteiger partial charge in [-0.2, -0.15) is 0 Å². The van der Waals surface area contributed by atoms with Crippen molar-refractivity contribution in [1.82, 2.24) is 4.90 Å². The van der Waals surface area contributed by atoms with E-state index >= 15 is 4.39 Å². The number of rotatable bonds is 9. The summed E-state index contributed by atoms with van der Waals surface area (Å²) in [5.74, 6) is -1.12. The van der Waals surface area contributed by atoms with Gasteiger partial charge in [-0.25, -0.2) is 17.2 Å². The molecular formula is C29H32F2N2O5S. The van der Waals surface area contributed by atoms with Crippen LogP contribution in [0.2, 0.25) is 0 Å². The number of nitrogens with zero attached hydrogens (tertiary/aromatic N) is 2. The molecule has 0 aromatic heterocycles. The van der Waals surface area contributed by atoms with Crippen LogP contribution in [0, 0.1) is 11.6 Å². The zero-order chi connectivity index (χ0) is 28.2. The lowest BCUT2D eigenvalue weighted by molar-refractivity contribution is 0.0254. The predicted molar refractivity (Wildman–Crippen MR) is 146 cm³/mol. The number of benzene rings is 3. The van der Waals surface area contributed by atoms with E-state index in [1.54, 1.807) is 36.3 Å². The summed E-state index contributed by atoms with van der Waals surface area (Å²) in [6.07, 6.45) is 0.801.